The van der Waals surface area contributed by atoms with E-state index in [1.165, 1.54) is 0 Å². The number of hydrogen-bond donors (Lipinski definition) is 2. The Hall–Kier alpha value is -3.14. The zero-order valence-corrected chi connectivity index (χ0v) is 18.1. The molecule has 0 radical (unpaired) electrons. The lowest BCUT2D eigenvalue weighted by atomic mass is 9.98. The van der Waals surface area contributed by atoms with Crippen molar-refractivity contribution in [2.24, 2.45) is 16.0 Å². The number of pyridine rings is 1. The molecule has 9 nitrogen and oxygen atoms in total. The average Bonchev–Trinajstić information content (AvgIpc) is 2.76. The van der Waals surface area contributed by atoms with Crippen LogP contribution in [0, 0.1) is 5.92 Å². The summed E-state index contributed by atoms with van der Waals surface area (Å²) >= 11 is 0. The summed E-state index contributed by atoms with van der Waals surface area (Å²) in [5.41, 5.74) is 8.20. The minimum atomic E-state index is -3.84. The SMILES string of the molecule is CCc1cc(C(=O)N2CCC[C@H](COc3cccc4c3C(N)=NS(=O)(=O)N4)C2)ccn1. The molecular weight excluding hydrogens is 418 g/mol. The molecule has 1 amide bonds. The molecule has 4 rings (SSSR count). The Balaban J connectivity index is 1.44. The number of nitrogens with zero attached hydrogens (tertiary/aromatic N) is 3. The number of ether oxygens (including phenoxy) is 1. The number of amidine groups is 1. The van der Waals surface area contributed by atoms with Crippen LogP contribution >= 0.6 is 0 Å². The molecule has 2 aliphatic heterocycles. The van der Waals surface area contributed by atoms with Gasteiger partial charge in [-0.25, -0.2) is 0 Å². The third-order valence-electron chi connectivity index (χ3n) is 5.45. The molecule has 2 aliphatic rings. The number of rotatable bonds is 5. The topological polar surface area (TPSA) is 127 Å². The van der Waals surface area contributed by atoms with Gasteiger partial charge in [-0.3, -0.25) is 14.5 Å². The van der Waals surface area contributed by atoms with Gasteiger partial charge in [-0.1, -0.05) is 13.0 Å². The Morgan fingerprint density at radius 3 is 3.00 bits per heavy atom. The van der Waals surface area contributed by atoms with Gasteiger partial charge in [0.05, 0.1) is 17.9 Å². The Kier molecular flexibility index (Phi) is 5.81. The first-order valence-electron chi connectivity index (χ1n) is 10.2. The van der Waals surface area contributed by atoms with Gasteiger partial charge in [0.15, 0.2) is 5.84 Å². The van der Waals surface area contributed by atoms with Crippen molar-refractivity contribution >= 4 is 27.6 Å². The highest BCUT2D eigenvalue weighted by Gasteiger charge is 2.27. The first kappa shape index (κ1) is 21.1. The standard InChI is InChI=1S/C21H25N5O4S/c1-2-16-11-15(8-9-23-16)21(27)26-10-4-5-14(12-26)13-30-18-7-3-6-17-19(18)20(22)25-31(28,29)24-17/h3,6-9,11,14,24H,2,4-5,10,12-13H2,1H3,(H2,22,25)/t14-/m0/s1. The second-order valence-electron chi connectivity index (χ2n) is 7.69. The fourth-order valence-corrected chi connectivity index (χ4v) is 4.76. The normalized spacial score (nSPS) is 19.7. The zero-order valence-electron chi connectivity index (χ0n) is 17.2. The second kappa shape index (κ2) is 8.54. The molecule has 3 heterocycles. The van der Waals surface area contributed by atoms with Crippen LogP contribution in [0.5, 0.6) is 5.75 Å². The molecule has 0 saturated carbocycles. The summed E-state index contributed by atoms with van der Waals surface area (Å²) in [5, 5.41) is 0. The van der Waals surface area contributed by atoms with Gasteiger partial charge >= 0.3 is 10.2 Å². The molecule has 164 valence electrons. The molecule has 0 spiro atoms. The van der Waals surface area contributed by atoms with Crippen LogP contribution in [-0.2, 0) is 16.6 Å². The molecule has 2 aromatic rings. The summed E-state index contributed by atoms with van der Waals surface area (Å²) < 4.78 is 35.4. The number of benzene rings is 1. The van der Waals surface area contributed by atoms with E-state index in [-0.39, 0.29) is 17.7 Å². The van der Waals surface area contributed by atoms with E-state index in [9.17, 15) is 13.2 Å². The van der Waals surface area contributed by atoms with E-state index < -0.39 is 10.2 Å². The van der Waals surface area contributed by atoms with Crippen molar-refractivity contribution in [1.82, 2.24) is 9.88 Å². The lowest BCUT2D eigenvalue weighted by Crippen LogP contribution is -2.41. The number of likely N-dealkylation sites (tertiary alicyclic amines) is 1. The molecule has 0 unspecified atom stereocenters. The van der Waals surface area contributed by atoms with Gasteiger partial charge in [0.25, 0.3) is 5.91 Å². The van der Waals surface area contributed by atoms with E-state index in [1.54, 1.807) is 30.5 Å². The van der Waals surface area contributed by atoms with E-state index in [0.717, 1.165) is 25.0 Å². The lowest BCUT2D eigenvalue weighted by molar-refractivity contribution is 0.0633. The summed E-state index contributed by atoms with van der Waals surface area (Å²) in [6.45, 7) is 3.70. The summed E-state index contributed by atoms with van der Waals surface area (Å²) in [5.74, 6) is 0.518. The van der Waals surface area contributed by atoms with Crippen LogP contribution in [0.25, 0.3) is 0 Å². The van der Waals surface area contributed by atoms with Crippen molar-refractivity contribution in [3.63, 3.8) is 0 Å². The minimum Gasteiger partial charge on any atom is -0.492 e. The highest BCUT2D eigenvalue weighted by molar-refractivity contribution is 7.91. The maximum absolute atomic E-state index is 12.9. The summed E-state index contributed by atoms with van der Waals surface area (Å²) in [4.78, 5) is 19.1. The number of fused-ring (bicyclic) bond motifs is 1. The number of carbonyl (C=O) groups excluding carboxylic acids is 1. The zero-order chi connectivity index (χ0) is 22.0. The van der Waals surface area contributed by atoms with Crippen LogP contribution in [0.1, 0.15) is 41.4 Å². The Morgan fingerprint density at radius 2 is 2.19 bits per heavy atom. The Labute approximate surface area is 181 Å². The fraction of sp³-hybridized carbons (Fsp3) is 0.381. The highest BCUT2D eigenvalue weighted by atomic mass is 32.2. The van der Waals surface area contributed by atoms with Crippen LogP contribution in [0.15, 0.2) is 40.9 Å². The third kappa shape index (κ3) is 4.63. The maximum atomic E-state index is 12.9. The molecule has 3 N–H and O–H groups in total. The predicted octanol–water partition coefficient (Wildman–Crippen LogP) is 1.95. The summed E-state index contributed by atoms with van der Waals surface area (Å²) in [6.07, 6.45) is 4.28. The monoisotopic (exact) mass is 443 g/mol. The van der Waals surface area contributed by atoms with E-state index in [2.05, 4.69) is 14.1 Å². The van der Waals surface area contributed by atoms with Crippen molar-refractivity contribution in [2.45, 2.75) is 26.2 Å². The molecule has 0 bridgehead atoms. The second-order valence-corrected chi connectivity index (χ2v) is 9.03. The number of aryl methyl sites for hydroxylation is 1. The number of piperidine rings is 1. The van der Waals surface area contributed by atoms with Gasteiger partial charge in [0.2, 0.25) is 0 Å². The Bertz CT molecular complexity index is 1130. The van der Waals surface area contributed by atoms with E-state index in [4.69, 9.17) is 10.5 Å². The van der Waals surface area contributed by atoms with Crippen LogP contribution in [0.3, 0.4) is 0 Å². The third-order valence-corrected chi connectivity index (χ3v) is 6.36. The number of hydrogen-bond acceptors (Lipinski definition) is 6. The smallest absolute Gasteiger partial charge is 0.344 e. The van der Waals surface area contributed by atoms with E-state index in [0.29, 0.717) is 42.3 Å². The first-order valence-corrected chi connectivity index (χ1v) is 11.7. The van der Waals surface area contributed by atoms with Crippen molar-refractivity contribution in [2.75, 3.05) is 24.4 Å². The minimum absolute atomic E-state index is 0.00433. The number of aromatic nitrogens is 1. The van der Waals surface area contributed by atoms with Gasteiger partial charge in [-0.05, 0) is 43.5 Å². The molecular formula is C21H25N5O4S. The van der Waals surface area contributed by atoms with Gasteiger partial charge in [-0.2, -0.15) is 8.42 Å². The number of anilines is 1. The van der Waals surface area contributed by atoms with E-state index in [1.807, 2.05) is 17.9 Å². The highest BCUT2D eigenvalue weighted by Crippen LogP contribution is 2.31. The van der Waals surface area contributed by atoms with Crippen LogP contribution < -0.4 is 15.2 Å². The van der Waals surface area contributed by atoms with Gasteiger partial charge in [-0.15, -0.1) is 4.40 Å². The number of carbonyl (C=O) groups is 1. The van der Waals surface area contributed by atoms with Crippen LogP contribution in [-0.4, -0.2) is 49.7 Å². The van der Waals surface area contributed by atoms with Crippen LogP contribution in [0.4, 0.5) is 5.69 Å². The van der Waals surface area contributed by atoms with Gasteiger partial charge in [0.1, 0.15) is 5.75 Å². The van der Waals surface area contributed by atoms with Gasteiger partial charge < -0.3 is 15.4 Å². The quantitative estimate of drug-likeness (QED) is 0.727. The lowest BCUT2D eigenvalue weighted by Gasteiger charge is -2.33. The summed E-state index contributed by atoms with van der Waals surface area (Å²) in [7, 11) is -3.84. The molecule has 1 aromatic carbocycles. The molecule has 1 aromatic heterocycles. The predicted molar refractivity (Wildman–Crippen MR) is 117 cm³/mol. The summed E-state index contributed by atoms with van der Waals surface area (Å²) in [6, 6.07) is 8.64. The molecule has 1 atom stereocenters. The van der Waals surface area contributed by atoms with Crippen molar-refractivity contribution in [3.05, 3.63) is 53.3 Å². The first-order chi connectivity index (χ1) is 14.9. The van der Waals surface area contributed by atoms with Crippen LogP contribution in [0.2, 0.25) is 0 Å². The molecule has 31 heavy (non-hydrogen) atoms. The van der Waals surface area contributed by atoms with Gasteiger partial charge in [0, 0.05) is 36.5 Å². The number of amides is 1. The molecule has 0 aliphatic carbocycles. The maximum Gasteiger partial charge on any atom is 0.344 e. The Morgan fingerprint density at radius 1 is 1.35 bits per heavy atom. The van der Waals surface area contributed by atoms with E-state index >= 15 is 0 Å². The van der Waals surface area contributed by atoms with Crippen molar-refractivity contribution < 1.29 is 17.9 Å². The molecule has 1 fully saturated rings. The number of nitrogens with one attached hydrogen (secondary N) is 1. The fourth-order valence-electron chi connectivity index (χ4n) is 3.92. The number of nitrogens with two attached hydrogens (primary N) is 1. The average molecular weight is 444 g/mol. The molecule has 1 saturated heterocycles. The largest absolute Gasteiger partial charge is 0.492 e. The van der Waals surface area contributed by atoms with Crippen molar-refractivity contribution in [1.29, 1.82) is 0 Å². The van der Waals surface area contributed by atoms with Crippen molar-refractivity contribution in [3.8, 4) is 5.75 Å². The molecule has 10 heteroatoms.